The monoisotopic (exact) mass is 269 g/mol. The van der Waals surface area contributed by atoms with E-state index in [1.165, 1.54) is 77.3 Å². The highest BCUT2D eigenvalue weighted by atomic mass is 15.2. The molecule has 0 unspecified atom stereocenters. The minimum Gasteiger partial charge on any atom is -0.298 e. The number of nitrogens with zero attached hydrogens (tertiary/aromatic N) is 1. The molecule has 0 radical (unpaired) electrons. The zero-order valence-corrected chi connectivity index (χ0v) is 14.4. The van der Waals surface area contributed by atoms with Gasteiger partial charge in [0.15, 0.2) is 0 Å². The minimum absolute atomic E-state index is 0.398. The molecule has 0 N–H and O–H groups in total. The highest BCUT2D eigenvalue weighted by Gasteiger charge is 2.24. The molecule has 0 bridgehead atoms. The largest absolute Gasteiger partial charge is 0.298 e. The van der Waals surface area contributed by atoms with Crippen molar-refractivity contribution in [1.82, 2.24) is 4.90 Å². The van der Waals surface area contributed by atoms with Gasteiger partial charge >= 0.3 is 0 Å². The first-order chi connectivity index (χ1) is 9.08. The molecule has 0 fully saturated rings. The smallest absolute Gasteiger partial charge is 0.0153 e. The number of rotatable bonds is 13. The van der Waals surface area contributed by atoms with Crippen molar-refractivity contribution in [1.29, 1.82) is 0 Å². The lowest BCUT2D eigenvalue weighted by molar-refractivity contribution is 0.108. The van der Waals surface area contributed by atoms with Gasteiger partial charge in [-0.05, 0) is 46.2 Å². The average molecular weight is 270 g/mol. The summed E-state index contributed by atoms with van der Waals surface area (Å²) in [5.41, 5.74) is 0.398. The highest BCUT2D eigenvalue weighted by Crippen LogP contribution is 2.23. The standard InChI is InChI=1S/C18H39N/c1-6-9-10-11-12-13-14-15-18(4,5)19(16-7-2)17-8-3/h6-17H2,1-5H3. The molecule has 0 heterocycles. The zero-order valence-electron chi connectivity index (χ0n) is 14.4. The van der Waals surface area contributed by atoms with Gasteiger partial charge in [-0.15, -0.1) is 0 Å². The van der Waals surface area contributed by atoms with Crippen molar-refractivity contribution >= 4 is 0 Å². The first kappa shape index (κ1) is 19.0. The molecule has 0 atom stereocenters. The lowest BCUT2D eigenvalue weighted by Crippen LogP contribution is -2.44. The number of hydrogen-bond acceptors (Lipinski definition) is 1. The fourth-order valence-electron chi connectivity index (χ4n) is 2.93. The van der Waals surface area contributed by atoms with E-state index in [-0.39, 0.29) is 0 Å². The predicted octanol–water partition coefficient (Wildman–Crippen LogP) is 6.03. The van der Waals surface area contributed by atoms with Crippen molar-refractivity contribution in [3.63, 3.8) is 0 Å². The lowest BCUT2D eigenvalue weighted by Gasteiger charge is -2.38. The van der Waals surface area contributed by atoms with Gasteiger partial charge in [0.25, 0.3) is 0 Å². The summed E-state index contributed by atoms with van der Waals surface area (Å²) in [5.74, 6) is 0. The number of unbranched alkanes of at least 4 members (excludes halogenated alkanes) is 6. The second-order valence-electron chi connectivity index (χ2n) is 6.67. The molecular weight excluding hydrogens is 230 g/mol. The Balaban J connectivity index is 3.80. The van der Waals surface area contributed by atoms with Crippen molar-refractivity contribution in [3.05, 3.63) is 0 Å². The molecule has 0 aliphatic heterocycles. The quantitative estimate of drug-likeness (QED) is 0.369. The average Bonchev–Trinajstić information content (AvgIpc) is 2.37. The molecule has 0 saturated carbocycles. The van der Waals surface area contributed by atoms with E-state index in [1.807, 2.05) is 0 Å². The Morgan fingerprint density at radius 1 is 0.632 bits per heavy atom. The van der Waals surface area contributed by atoms with E-state index >= 15 is 0 Å². The van der Waals surface area contributed by atoms with Crippen molar-refractivity contribution < 1.29 is 0 Å². The molecule has 0 aromatic carbocycles. The van der Waals surface area contributed by atoms with Gasteiger partial charge < -0.3 is 0 Å². The third kappa shape index (κ3) is 9.49. The van der Waals surface area contributed by atoms with Crippen LogP contribution in [-0.4, -0.2) is 23.5 Å². The Morgan fingerprint density at radius 3 is 1.58 bits per heavy atom. The van der Waals surface area contributed by atoms with Gasteiger partial charge in [0.1, 0.15) is 0 Å². The number of hydrogen-bond donors (Lipinski definition) is 0. The molecule has 0 aromatic rings. The van der Waals surface area contributed by atoms with Crippen LogP contribution in [0.3, 0.4) is 0 Å². The van der Waals surface area contributed by atoms with Gasteiger partial charge in [0.05, 0.1) is 0 Å². The maximum Gasteiger partial charge on any atom is 0.0153 e. The van der Waals surface area contributed by atoms with E-state index in [0.717, 1.165) is 0 Å². The summed E-state index contributed by atoms with van der Waals surface area (Å²) in [6.45, 7) is 14.3. The fraction of sp³-hybridized carbons (Fsp3) is 1.00. The topological polar surface area (TPSA) is 3.24 Å². The predicted molar refractivity (Wildman–Crippen MR) is 88.8 cm³/mol. The van der Waals surface area contributed by atoms with Gasteiger partial charge in [-0.1, -0.05) is 65.7 Å². The second-order valence-corrected chi connectivity index (χ2v) is 6.67. The fourth-order valence-corrected chi connectivity index (χ4v) is 2.93. The molecule has 0 aliphatic rings. The molecule has 1 heteroatoms. The summed E-state index contributed by atoms with van der Waals surface area (Å²) in [5, 5.41) is 0. The van der Waals surface area contributed by atoms with Crippen molar-refractivity contribution in [3.8, 4) is 0 Å². The van der Waals surface area contributed by atoms with Crippen LogP contribution in [-0.2, 0) is 0 Å². The molecule has 0 saturated heterocycles. The molecule has 1 nitrogen and oxygen atoms in total. The molecule has 0 spiro atoms. The summed E-state index contributed by atoms with van der Waals surface area (Å²) >= 11 is 0. The maximum absolute atomic E-state index is 2.70. The van der Waals surface area contributed by atoms with Crippen LogP contribution >= 0.6 is 0 Å². The van der Waals surface area contributed by atoms with Gasteiger partial charge in [-0.2, -0.15) is 0 Å². The van der Waals surface area contributed by atoms with E-state index in [1.54, 1.807) is 0 Å². The van der Waals surface area contributed by atoms with Crippen molar-refractivity contribution in [2.45, 2.75) is 104 Å². The first-order valence-corrected chi connectivity index (χ1v) is 8.83. The lowest BCUT2D eigenvalue weighted by atomic mass is 9.93. The molecule has 0 amide bonds. The van der Waals surface area contributed by atoms with Gasteiger partial charge in [0.2, 0.25) is 0 Å². The first-order valence-electron chi connectivity index (χ1n) is 8.83. The van der Waals surface area contributed by atoms with Crippen LogP contribution in [0, 0.1) is 0 Å². The van der Waals surface area contributed by atoms with Gasteiger partial charge in [-0.25, -0.2) is 0 Å². The minimum atomic E-state index is 0.398. The van der Waals surface area contributed by atoms with Gasteiger partial charge in [-0.3, -0.25) is 4.90 Å². The SMILES string of the molecule is CCCCCCCCCC(C)(C)N(CCC)CCC. The van der Waals surface area contributed by atoms with E-state index in [2.05, 4.69) is 39.5 Å². The molecule has 116 valence electrons. The van der Waals surface area contributed by atoms with E-state index in [9.17, 15) is 0 Å². The van der Waals surface area contributed by atoms with Crippen LogP contribution in [0.5, 0.6) is 0 Å². The van der Waals surface area contributed by atoms with Crippen LogP contribution in [0.25, 0.3) is 0 Å². The Bertz CT molecular complexity index is 180. The Kier molecular flexibility index (Phi) is 11.7. The Labute approximate surface area is 123 Å². The molecular formula is C18H39N. The Hall–Kier alpha value is -0.0400. The molecule has 0 aliphatic carbocycles. The zero-order chi connectivity index (χ0) is 14.6. The summed E-state index contributed by atoms with van der Waals surface area (Å²) in [6.07, 6.45) is 13.9. The van der Waals surface area contributed by atoms with Crippen LogP contribution < -0.4 is 0 Å². The molecule has 0 rings (SSSR count). The van der Waals surface area contributed by atoms with Crippen LogP contribution in [0.2, 0.25) is 0 Å². The maximum atomic E-state index is 2.70. The van der Waals surface area contributed by atoms with Crippen LogP contribution in [0.15, 0.2) is 0 Å². The summed E-state index contributed by atoms with van der Waals surface area (Å²) in [7, 11) is 0. The Morgan fingerprint density at radius 2 is 1.11 bits per heavy atom. The van der Waals surface area contributed by atoms with Crippen molar-refractivity contribution in [2.24, 2.45) is 0 Å². The third-order valence-electron chi connectivity index (χ3n) is 4.24. The molecule has 19 heavy (non-hydrogen) atoms. The summed E-state index contributed by atoms with van der Waals surface area (Å²) in [4.78, 5) is 2.70. The van der Waals surface area contributed by atoms with Crippen LogP contribution in [0.4, 0.5) is 0 Å². The third-order valence-corrected chi connectivity index (χ3v) is 4.24. The molecule has 0 aromatic heterocycles. The van der Waals surface area contributed by atoms with E-state index in [0.29, 0.717) is 5.54 Å². The van der Waals surface area contributed by atoms with Gasteiger partial charge in [0, 0.05) is 5.54 Å². The summed E-state index contributed by atoms with van der Waals surface area (Å²) < 4.78 is 0. The second kappa shape index (κ2) is 11.8. The summed E-state index contributed by atoms with van der Waals surface area (Å²) in [6, 6.07) is 0. The van der Waals surface area contributed by atoms with E-state index < -0.39 is 0 Å². The highest BCUT2D eigenvalue weighted by molar-refractivity contribution is 4.81. The normalized spacial score (nSPS) is 12.3. The van der Waals surface area contributed by atoms with E-state index in [4.69, 9.17) is 0 Å². The van der Waals surface area contributed by atoms with Crippen LogP contribution in [0.1, 0.15) is 98.8 Å². The van der Waals surface area contributed by atoms with Crippen molar-refractivity contribution in [2.75, 3.05) is 13.1 Å².